The van der Waals surface area contributed by atoms with Crippen molar-refractivity contribution in [2.75, 3.05) is 18.2 Å². The van der Waals surface area contributed by atoms with Gasteiger partial charge in [-0.1, -0.05) is 6.07 Å². The number of nitrogens with zero attached hydrogens (tertiary/aromatic N) is 1. The Bertz CT molecular complexity index is 326. The van der Waals surface area contributed by atoms with Gasteiger partial charge in [-0.05, 0) is 17.5 Å². The lowest BCUT2D eigenvalue weighted by atomic mass is 10.4. The van der Waals surface area contributed by atoms with Gasteiger partial charge in [0, 0.05) is 23.3 Å². The van der Waals surface area contributed by atoms with Gasteiger partial charge < -0.3 is 4.90 Å². The van der Waals surface area contributed by atoms with E-state index in [9.17, 15) is 4.79 Å². The molecular weight excluding hydrogens is 214 g/mol. The van der Waals surface area contributed by atoms with E-state index in [1.165, 1.54) is 0 Å². The summed E-state index contributed by atoms with van der Waals surface area (Å²) >= 11 is 3.45. The summed E-state index contributed by atoms with van der Waals surface area (Å²) in [6.45, 7) is 0.887. The van der Waals surface area contributed by atoms with Crippen LogP contribution in [0.25, 0.3) is 6.08 Å². The van der Waals surface area contributed by atoms with Gasteiger partial charge in [-0.25, -0.2) is 0 Å². The topological polar surface area (TPSA) is 20.3 Å². The third-order valence-corrected chi connectivity index (χ3v) is 3.80. The first-order valence-corrected chi connectivity index (χ1v) is 6.48. The van der Waals surface area contributed by atoms with Crippen molar-refractivity contribution in [2.24, 2.45) is 0 Å². The van der Waals surface area contributed by atoms with Crippen LogP contribution in [0.2, 0.25) is 0 Å². The molecule has 1 amide bonds. The Morgan fingerprint density at radius 3 is 3.14 bits per heavy atom. The predicted molar refractivity (Wildman–Crippen MR) is 62.4 cm³/mol. The van der Waals surface area contributed by atoms with Crippen molar-refractivity contribution >= 4 is 35.1 Å². The normalized spacial score (nSPS) is 16.7. The highest BCUT2D eigenvalue weighted by molar-refractivity contribution is 7.99. The predicted octanol–water partition coefficient (Wildman–Crippen LogP) is 2.29. The summed E-state index contributed by atoms with van der Waals surface area (Å²) in [7, 11) is 0. The number of carbonyl (C=O) groups is 1. The van der Waals surface area contributed by atoms with Gasteiger partial charge >= 0.3 is 0 Å². The molecule has 0 aliphatic carbocycles. The average Bonchev–Trinajstić information content (AvgIpc) is 2.87. The SMILES string of the molecule is O=C(/C=C/c1cccs1)N1CCSC1. The fraction of sp³-hybridized carbons (Fsp3) is 0.300. The van der Waals surface area contributed by atoms with Gasteiger partial charge in [-0.2, -0.15) is 0 Å². The molecule has 14 heavy (non-hydrogen) atoms. The average molecular weight is 225 g/mol. The van der Waals surface area contributed by atoms with Crippen LogP contribution in [0.4, 0.5) is 0 Å². The zero-order chi connectivity index (χ0) is 9.80. The van der Waals surface area contributed by atoms with Gasteiger partial charge in [0.05, 0.1) is 5.88 Å². The number of hydrogen-bond acceptors (Lipinski definition) is 3. The van der Waals surface area contributed by atoms with Crippen molar-refractivity contribution in [3.63, 3.8) is 0 Å². The molecule has 1 aliphatic heterocycles. The van der Waals surface area contributed by atoms with E-state index in [0.29, 0.717) is 0 Å². The highest BCUT2D eigenvalue weighted by Gasteiger charge is 2.15. The van der Waals surface area contributed by atoms with Crippen LogP contribution in [0.15, 0.2) is 23.6 Å². The van der Waals surface area contributed by atoms with Gasteiger partial charge in [-0.3, -0.25) is 4.79 Å². The monoisotopic (exact) mass is 225 g/mol. The zero-order valence-corrected chi connectivity index (χ0v) is 9.31. The van der Waals surface area contributed by atoms with E-state index in [1.54, 1.807) is 17.4 Å². The molecule has 1 aromatic rings. The smallest absolute Gasteiger partial charge is 0.247 e. The van der Waals surface area contributed by atoms with Crippen molar-refractivity contribution in [1.82, 2.24) is 4.90 Å². The third-order valence-electron chi connectivity index (χ3n) is 2.00. The summed E-state index contributed by atoms with van der Waals surface area (Å²) < 4.78 is 0. The number of hydrogen-bond donors (Lipinski definition) is 0. The Hall–Kier alpha value is -0.740. The second-order valence-corrected chi connectivity index (χ2v) is 5.04. The zero-order valence-electron chi connectivity index (χ0n) is 7.68. The van der Waals surface area contributed by atoms with Crippen molar-refractivity contribution < 1.29 is 4.79 Å². The number of rotatable bonds is 2. The van der Waals surface area contributed by atoms with Crippen LogP contribution in [0, 0.1) is 0 Å². The van der Waals surface area contributed by atoms with Gasteiger partial charge in [-0.15, -0.1) is 23.1 Å². The molecule has 1 aliphatic rings. The van der Waals surface area contributed by atoms with E-state index >= 15 is 0 Å². The first-order valence-electron chi connectivity index (χ1n) is 4.44. The van der Waals surface area contributed by atoms with E-state index in [2.05, 4.69) is 0 Å². The number of amides is 1. The quantitative estimate of drug-likeness (QED) is 0.720. The summed E-state index contributed by atoms with van der Waals surface area (Å²) in [5.41, 5.74) is 0. The Kier molecular flexibility index (Phi) is 3.26. The Morgan fingerprint density at radius 1 is 1.57 bits per heavy atom. The lowest BCUT2D eigenvalue weighted by molar-refractivity contribution is -0.124. The van der Waals surface area contributed by atoms with Crippen LogP contribution in [-0.2, 0) is 4.79 Å². The molecule has 2 nitrogen and oxygen atoms in total. The molecule has 0 aromatic carbocycles. The van der Waals surface area contributed by atoms with Crippen molar-refractivity contribution in [2.45, 2.75) is 0 Å². The van der Waals surface area contributed by atoms with Gasteiger partial charge in [0.1, 0.15) is 0 Å². The molecule has 1 saturated heterocycles. The fourth-order valence-corrected chi connectivity index (χ4v) is 2.81. The molecule has 0 spiro atoms. The Labute approximate surface area is 91.6 Å². The van der Waals surface area contributed by atoms with Gasteiger partial charge in [0.2, 0.25) is 5.91 Å². The molecule has 0 radical (unpaired) electrons. The van der Waals surface area contributed by atoms with Gasteiger partial charge in [0.15, 0.2) is 0 Å². The summed E-state index contributed by atoms with van der Waals surface area (Å²) in [5, 5.41) is 2.01. The van der Waals surface area contributed by atoms with Crippen LogP contribution >= 0.6 is 23.1 Å². The standard InChI is InChI=1S/C10H11NOS2/c12-10(11-5-7-13-8-11)4-3-9-2-1-6-14-9/h1-4,6H,5,7-8H2/b4-3+. The van der Waals surface area contributed by atoms with Gasteiger partial charge in [0.25, 0.3) is 0 Å². The van der Waals surface area contributed by atoms with Crippen molar-refractivity contribution in [3.8, 4) is 0 Å². The maximum atomic E-state index is 11.6. The van der Waals surface area contributed by atoms with E-state index < -0.39 is 0 Å². The molecule has 0 atom stereocenters. The van der Waals surface area contributed by atoms with Crippen LogP contribution in [0.3, 0.4) is 0 Å². The largest absolute Gasteiger partial charge is 0.329 e. The van der Waals surface area contributed by atoms with Crippen molar-refractivity contribution in [1.29, 1.82) is 0 Å². The van der Waals surface area contributed by atoms with E-state index in [4.69, 9.17) is 0 Å². The van der Waals surface area contributed by atoms with Crippen LogP contribution in [-0.4, -0.2) is 29.0 Å². The minimum atomic E-state index is 0.128. The maximum absolute atomic E-state index is 11.6. The molecule has 4 heteroatoms. The Balaban J connectivity index is 1.93. The molecule has 1 fully saturated rings. The summed E-state index contributed by atoms with van der Waals surface area (Å²) in [4.78, 5) is 14.6. The maximum Gasteiger partial charge on any atom is 0.247 e. The lowest BCUT2D eigenvalue weighted by Crippen LogP contribution is -2.25. The molecule has 2 rings (SSSR count). The van der Waals surface area contributed by atoms with Crippen molar-refractivity contribution in [3.05, 3.63) is 28.5 Å². The molecule has 0 N–H and O–H groups in total. The summed E-state index contributed by atoms with van der Waals surface area (Å²) in [6, 6.07) is 3.99. The van der Waals surface area contributed by atoms with E-state index in [1.807, 2.05) is 40.3 Å². The fourth-order valence-electron chi connectivity index (χ4n) is 1.23. The highest BCUT2D eigenvalue weighted by atomic mass is 32.2. The first-order chi connectivity index (χ1) is 6.86. The first kappa shape index (κ1) is 9.80. The minimum absolute atomic E-state index is 0.128. The second-order valence-electron chi connectivity index (χ2n) is 2.99. The molecule has 2 heterocycles. The number of thiophene rings is 1. The summed E-state index contributed by atoms with van der Waals surface area (Å²) in [5.74, 6) is 2.04. The molecule has 74 valence electrons. The van der Waals surface area contributed by atoms with Crippen LogP contribution in [0.5, 0.6) is 0 Å². The molecule has 1 aromatic heterocycles. The summed E-state index contributed by atoms with van der Waals surface area (Å²) in [6.07, 6.45) is 3.55. The third kappa shape index (κ3) is 2.39. The molecule has 0 bridgehead atoms. The minimum Gasteiger partial charge on any atom is -0.329 e. The highest BCUT2D eigenvalue weighted by Crippen LogP contribution is 2.15. The van der Waals surface area contributed by atoms with E-state index in [0.717, 1.165) is 23.1 Å². The molecule has 0 unspecified atom stereocenters. The van der Waals surface area contributed by atoms with E-state index in [-0.39, 0.29) is 5.91 Å². The number of thioether (sulfide) groups is 1. The Morgan fingerprint density at radius 2 is 2.50 bits per heavy atom. The van der Waals surface area contributed by atoms with Crippen LogP contribution in [0.1, 0.15) is 4.88 Å². The number of carbonyl (C=O) groups excluding carboxylic acids is 1. The molecular formula is C10H11NOS2. The lowest BCUT2D eigenvalue weighted by Gasteiger charge is -2.10. The second kappa shape index (κ2) is 4.66. The molecule has 0 saturated carbocycles. The van der Waals surface area contributed by atoms with Crippen LogP contribution < -0.4 is 0 Å².